The van der Waals surface area contributed by atoms with Crippen molar-refractivity contribution >= 4 is 17.4 Å². The van der Waals surface area contributed by atoms with E-state index in [4.69, 9.17) is 4.98 Å². The predicted octanol–water partition coefficient (Wildman–Crippen LogP) is 1.96. The molecule has 0 aliphatic carbocycles. The summed E-state index contributed by atoms with van der Waals surface area (Å²) in [5.41, 5.74) is 4.12. The normalized spacial score (nSPS) is 21.2. The number of aromatic nitrogens is 3. The molecule has 5 rings (SSSR count). The molecule has 0 radical (unpaired) electrons. The highest BCUT2D eigenvalue weighted by Crippen LogP contribution is 2.36. The summed E-state index contributed by atoms with van der Waals surface area (Å²) < 4.78 is 40.6. The van der Waals surface area contributed by atoms with Gasteiger partial charge in [0.05, 0.1) is 23.7 Å². The number of nitrogens with one attached hydrogen (secondary N) is 1. The van der Waals surface area contributed by atoms with Crippen molar-refractivity contribution in [3.8, 4) is 0 Å². The Morgan fingerprint density at radius 3 is 2.58 bits per heavy atom. The second-order valence-corrected chi connectivity index (χ2v) is 8.92. The first-order valence-corrected chi connectivity index (χ1v) is 11.0. The topological polar surface area (TPSA) is 65.8 Å². The van der Waals surface area contributed by atoms with Crippen LogP contribution in [0.5, 0.6) is 0 Å². The minimum Gasteiger partial charge on any atom is -0.354 e. The second kappa shape index (κ2) is 7.65. The van der Waals surface area contributed by atoms with Crippen LogP contribution >= 0.6 is 0 Å². The summed E-state index contributed by atoms with van der Waals surface area (Å²) in [5, 5.41) is 7.95. The maximum atomic E-state index is 12.9. The van der Waals surface area contributed by atoms with Gasteiger partial charge in [-0.25, -0.2) is 4.98 Å². The summed E-state index contributed by atoms with van der Waals surface area (Å²) in [7, 11) is 0. The quantitative estimate of drug-likeness (QED) is 0.780. The molecule has 2 saturated heterocycles. The number of carbonyl (C=O) groups excluding carboxylic acids is 1. The van der Waals surface area contributed by atoms with E-state index in [1.165, 1.54) is 5.56 Å². The number of nitrogens with zero attached hydrogens (tertiary/aromatic N) is 5. The van der Waals surface area contributed by atoms with Gasteiger partial charge in [-0.05, 0) is 32.7 Å². The van der Waals surface area contributed by atoms with Crippen LogP contribution in [0.25, 0.3) is 5.65 Å². The van der Waals surface area contributed by atoms with E-state index >= 15 is 0 Å². The third-order valence-electron chi connectivity index (χ3n) is 6.87. The van der Waals surface area contributed by atoms with Crippen molar-refractivity contribution in [2.75, 3.05) is 44.2 Å². The van der Waals surface area contributed by atoms with Gasteiger partial charge in [0.25, 0.3) is 0 Å². The Morgan fingerprint density at radius 1 is 1.16 bits per heavy atom. The van der Waals surface area contributed by atoms with Gasteiger partial charge in [0.1, 0.15) is 5.82 Å². The standard InChI is InChI=1S/C21H27F3N6O/c1-13-10-26-30-18(13)27-17-3-7-25-6-2-16(17)19(30)29-11-14(12-29)20(31)28-8-4-15(5-9-28)21(22,23)24/h10,14-15,25H,2-9,11-12H2,1H3. The van der Waals surface area contributed by atoms with Gasteiger partial charge in [-0.15, -0.1) is 0 Å². The molecule has 0 atom stereocenters. The molecule has 5 heterocycles. The van der Waals surface area contributed by atoms with E-state index < -0.39 is 12.1 Å². The predicted molar refractivity (Wildman–Crippen MR) is 109 cm³/mol. The second-order valence-electron chi connectivity index (χ2n) is 8.92. The summed E-state index contributed by atoms with van der Waals surface area (Å²) in [5.74, 6) is -0.475. The molecule has 0 spiro atoms. The molecule has 0 unspecified atom stereocenters. The van der Waals surface area contributed by atoms with Crippen molar-refractivity contribution in [1.29, 1.82) is 0 Å². The molecule has 1 N–H and O–H groups in total. The maximum absolute atomic E-state index is 12.9. The minimum absolute atomic E-state index is 0.00369. The largest absolute Gasteiger partial charge is 0.391 e. The molecule has 0 aromatic carbocycles. The third kappa shape index (κ3) is 3.64. The van der Waals surface area contributed by atoms with Gasteiger partial charge in [0.15, 0.2) is 5.65 Å². The smallest absolute Gasteiger partial charge is 0.354 e. The van der Waals surface area contributed by atoms with Gasteiger partial charge < -0.3 is 15.1 Å². The fourth-order valence-corrected chi connectivity index (χ4v) is 4.99. The number of aryl methyl sites for hydroxylation is 1. The molecule has 168 valence electrons. The van der Waals surface area contributed by atoms with E-state index in [1.807, 2.05) is 17.6 Å². The SMILES string of the molecule is Cc1cnn2c(N3CC(C(=O)N4CCC(C(F)(F)F)CC4)C3)c3c(nc12)CCNCC3. The van der Waals surface area contributed by atoms with Crippen molar-refractivity contribution in [2.45, 2.75) is 38.8 Å². The highest BCUT2D eigenvalue weighted by atomic mass is 19.4. The number of fused-ring (bicyclic) bond motifs is 2. The van der Waals surface area contributed by atoms with Crippen LogP contribution in [-0.4, -0.2) is 70.8 Å². The van der Waals surface area contributed by atoms with Gasteiger partial charge in [-0.3, -0.25) is 4.79 Å². The molecule has 2 aromatic rings. The van der Waals surface area contributed by atoms with Crippen LogP contribution in [0.1, 0.15) is 29.7 Å². The van der Waals surface area contributed by atoms with E-state index in [9.17, 15) is 18.0 Å². The summed E-state index contributed by atoms with van der Waals surface area (Å²) in [6.07, 6.45) is -0.631. The minimum atomic E-state index is -4.16. The van der Waals surface area contributed by atoms with E-state index in [-0.39, 0.29) is 37.8 Å². The third-order valence-corrected chi connectivity index (χ3v) is 6.87. The first kappa shape index (κ1) is 20.5. The summed E-state index contributed by atoms with van der Waals surface area (Å²) in [6.45, 7) is 5.27. The summed E-state index contributed by atoms with van der Waals surface area (Å²) in [6, 6.07) is 0. The van der Waals surface area contributed by atoms with Gasteiger partial charge in [0, 0.05) is 50.3 Å². The number of hydrogen-bond acceptors (Lipinski definition) is 5. The molecule has 7 nitrogen and oxygen atoms in total. The zero-order chi connectivity index (χ0) is 21.8. The Balaban J connectivity index is 1.32. The zero-order valence-electron chi connectivity index (χ0n) is 17.6. The molecule has 2 aromatic heterocycles. The molecule has 31 heavy (non-hydrogen) atoms. The Hall–Kier alpha value is -2.36. The lowest BCUT2D eigenvalue weighted by Gasteiger charge is -2.44. The van der Waals surface area contributed by atoms with Crippen molar-refractivity contribution in [1.82, 2.24) is 24.8 Å². The molecule has 10 heteroatoms. The fraction of sp³-hybridized carbons (Fsp3) is 0.667. The number of anilines is 1. The monoisotopic (exact) mass is 436 g/mol. The lowest BCUT2D eigenvalue weighted by Crippen LogP contribution is -2.56. The molecule has 0 bridgehead atoms. The molecule has 2 fully saturated rings. The molecule has 1 amide bonds. The highest BCUT2D eigenvalue weighted by molar-refractivity contribution is 5.82. The van der Waals surface area contributed by atoms with Crippen LogP contribution in [0.15, 0.2) is 6.20 Å². The molecular formula is C21H27F3N6O. The number of carbonyl (C=O) groups is 1. The van der Waals surface area contributed by atoms with Crippen LogP contribution in [0.3, 0.4) is 0 Å². The average molecular weight is 436 g/mol. The van der Waals surface area contributed by atoms with E-state index in [1.54, 1.807) is 4.90 Å². The first-order valence-electron chi connectivity index (χ1n) is 11.0. The van der Waals surface area contributed by atoms with Gasteiger partial charge in [-0.1, -0.05) is 0 Å². The Morgan fingerprint density at radius 2 is 1.87 bits per heavy atom. The van der Waals surface area contributed by atoms with E-state index in [0.29, 0.717) is 13.1 Å². The van der Waals surface area contributed by atoms with Crippen LogP contribution in [0, 0.1) is 18.8 Å². The van der Waals surface area contributed by atoms with Crippen LogP contribution in [0.2, 0.25) is 0 Å². The number of alkyl halides is 3. The lowest BCUT2D eigenvalue weighted by atomic mass is 9.92. The molecule has 3 aliphatic heterocycles. The Bertz CT molecular complexity index is 989. The van der Waals surface area contributed by atoms with Gasteiger partial charge in [0.2, 0.25) is 5.91 Å². The first-order chi connectivity index (χ1) is 14.8. The average Bonchev–Trinajstić information content (AvgIpc) is 2.92. The molecular weight excluding hydrogens is 409 g/mol. The molecule has 3 aliphatic rings. The molecule has 0 saturated carbocycles. The number of likely N-dealkylation sites (tertiary alicyclic amines) is 1. The van der Waals surface area contributed by atoms with Crippen LogP contribution in [-0.2, 0) is 17.6 Å². The summed E-state index contributed by atoms with van der Waals surface area (Å²) >= 11 is 0. The number of rotatable bonds is 2. The summed E-state index contributed by atoms with van der Waals surface area (Å²) in [4.78, 5) is 21.6. The zero-order valence-corrected chi connectivity index (χ0v) is 17.6. The van der Waals surface area contributed by atoms with E-state index in [0.717, 1.165) is 48.7 Å². The number of hydrogen-bond donors (Lipinski definition) is 1. The van der Waals surface area contributed by atoms with Crippen molar-refractivity contribution in [2.24, 2.45) is 11.8 Å². The number of amides is 1. The van der Waals surface area contributed by atoms with Crippen molar-refractivity contribution in [3.05, 3.63) is 23.0 Å². The maximum Gasteiger partial charge on any atom is 0.391 e. The Labute approximate surface area is 178 Å². The lowest BCUT2D eigenvalue weighted by molar-refractivity contribution is -0.187. The van der Waals surface area contributed by atoms with Crippen molar-refractivity contribution in [3.63, 3.8) is 0 Å². The van der Waals surface area contributed by atoms with Gasteiger partial charge in [-0.2, -0.15) is 22.8 Å². The Kier molecular flexibility index (Phi) is 5.07. The van der Waals surface area contributed by atoms with E-state index in [2.05, 4.69) is 15.3 Å². The highest BCUT2D eigenvalue weighted by Gasteiger charge is 2.44. The fourth-order valence-electron chi connectivity index (χ4n) is 4.99. The number of piperidine rings is 1. The number of halogens is 3. The van der Waals surface area contributed by atoms with Crippen LogP contribution < -0.4 is 10.2 Å². The van der Waals surface area contributed by atoms with Crippen molar-refractivity contribution < 1.29 is 18.0 Å². The van der Waals surface area contributed by atoms with Gasteiger partial charge >= 0.3 is 6.18 Å². The van der Waals surface area contributed by atoms with Crippen LogP contribution in [0.4, 0.5) is 19.0 Å².